The van der Waals surface area contributed by atoms with Crippen LogP contribution in [0.3, 0.4) is 0 Å². The normalized spacial score (nSPS) is 16.3. The quantitative estimate of drug-likeness (QED) is 0.359. The van der Waals surface area contributed by atoms with E-state index in [1.807, 2.05) is 0 Å². The number of rotatable bonds is 13. The molecule has 0 aromatic heterocycles. The lowest BCUT2D eigenvalue weighted by molar-refractivity contribution is 0.0772. The van der Waals surface area contributed by atoms with Gasteiger partial charge in [0.15, 0.2) is 0 Å². The molecule has 170 valence electrons. The molecule has 3 rings (SSSR count). The summed E-state index contributed by atoms with van der Waals surface area (Å²) in [4.78, 5) is 5.16. The lowest BCUT2D eigenvalue weighted by Crippen LogP contribution is -2.48. The SMILES string of the molecule is CCCCCCc1ccc(OC(CCC)CN2CCN(Cc3ccccc3)CC2)cc1. The first kappa shape index (κ1) is 23.8. The van der Waals surface area contributed by atoms with Crippen LogP contribution in [0, 0.1) is 0 Å². The van der Waals surface area contributed by atoms with Crippen LogP contribution < -0.4 is 4.74 Å². The summed E-state index contributed by atoms with van der Waals surface area (Å²) in [5.41, 5.74) is 2.85. The Morgan fingerprint density at radius 1 is 0.742 bits per heavy atom. The number of unbranched alkanes of at least 4 members (excludes halogenated alkanes) is 3. The van der Waals surface area contributed by atoms with Gasteiger partial charge in [0.05, 0.1) is 0 Å². The molecule has 31 heavy (non-hydrogen) atoms. The number of hydrogen-bond donors (Lipinski definition) is 0. The molecule has 1 saturated heterocycles. The smallest absolute Gasteiger partial charge is 0.119 e. The number of piperazine rings is 1. The Morgan fingerprint density at radius 2 is 1.45 bits per heavy atom. The van der Waals surface area contributed by atoms with Crippen molar-refractivity contribution in [1.29, 1.82) is 0 Å². The van der Waals surface area contributed by atoms with Gasteiger partial charge in [0.2, 0.25) is 0 Å². The van der Waals surface area contributed by atoms with Gasteiger partial charge in [0.25, 0.3) is 0 Å². The molecule has 2 aromatic carbocycles. The van der Waals surface area contributed by atoms with Crippen molar-refractivity contribution >= 4 is 0 Å². The zero-order valence-corrected chi connectivity index (χ0v) is 19.8. The fraction of sp³-hybridized carbons (Fsp3) is 0.571. The van der Waals surface area contributed by atoms with Gasteiger partial charge in [-0.15, -0.1) is 0 Å². The van der Waals surface area contributed by atoms with Crippen molar-refractivity contribution in [3.63, 3.8) is 0 Å². The first-order valence-electron chi connectivity index (χ1n) is 12.5. The van der Waals surface area contributed by atoms with E-state index in [1.165, 1.54) is 43.2 Å². The van der Waals surface area contributed by atoms with Crippen LogP contribution in [0.15, 0.2) is 54.6 Å². The largest absolute Gasteiger partial charge is 0.489 e. The topological polar surface area (TPSA) is 15.7 Å². The molecule has 0 amide bonds. The summed E-state index contributed by atoms with van der Waals surface area (Å²) >= 11 is 0. The minimum absolute atomic E-state index is 0.279. The van der Waals surface area contributed by atoms with Gasteiger partial charge in [-0.25, -0.2) is 0 Å². The van der Waals surface area contributed by atoms with Crippen LogP contribution in [0.25, 0.3) is 0 Å². The second-order valence-corrected chi connectivity index (χ2v) is 9.05. The van der Waals surface area contributed by atoms with Gasteiger partial charge >= 0.3 is 0 Å². The lowest BCUT2D eigenvalue weighted by Gasteiger charge is -2.36. The van der Waals surface area contributed by atoms with E-state index in [4.69, 9.17) is 4.74 Å². The monoisotopic (exact) mass is 422 g/mol. The van der Waals surface area contributed by atoms with E-state index in [-0.39, 0.29) is 6.10 Å². The van der Waals surface area contributed by atoms with Crippen molar-refractivity contribution in [3.8, 4) is 5.75 Å². The van der Waals surface area contributed by atoms with Gasteiger partial charge in [-0.05, 0) is 42.5 Å². The Morgan fingerprint density at radius 3 is 2.13 bits per heavy atom. The number of benzene rings is 2. The Hall–Kier alpha value is -1.84. The standard InChI is InChI=1S/C28H42N2O/c1-3-5-6-8-12-25-15-17-27(18-16-25)31-28(11-4-2)24-30-21-19-29(20-22-30)23-26-13-9-7-10-14-26/h7,9-10,13-18,28H,3-6,8,11-12,19-24H2,1-2H3. The fourth-order valence-corrected chi connectivity index (χ4v) is 4.45. The van der Waals surface area contributed by atoms with E-state index in [0.29, 0.717) is 0 Å². The summed E-state index contributed by atoms with van der Waals surface area (Å²) in [5.74, 6) is 1.03. The second kappa shape index (κ2) is 13.5. The summed E-state index contributed by atoms with van der Waals surface area (Å²) in [6.45, 7) is 11.2. The van der Waals surface area contributed by atoms with Crippen molar-refractivity contribution in [1.82, 2.24) is 9.80 Å². The molecule has 1 unspecified atom stereocenters. The summed E-state index contributed by atoms with van der Waals surface area (Å²) in [7, 11) is 0. The Bertz CT molecular complexity index is 708. The Labute approximate surface area is 190 Å². The fourth-order valence-electron chi connectivity index (χ4n) is 4.45. The summed E-state index contributed by atoms with van der Waals surface area (Å²) in [6, 6.07) is 19.7. The van der Waals surface area contributed by atoms with Gasteiger partial charge < -0.3 is 4.74 Å². The molecule has 2 aromatic rings. The molecular weight excluding hydrogens is 380 g/mol. The van der Waals surface area contributed by atoms with Crippen LogP contribution in [0.4, 0.5) is 0 Å². The van der Waals surface area contributed by atoms with E-state index in [2.05, 4.69) is 78.2 Å². The molecule has 1 atom stereocenters. The third-order valence-electron chi connectivity index (χ3n) is 6.33. The van der Waals surface area contributed by atoms with Crippen LogP contribution in [0.2, 0.25) is 0 Å². The summed E-state index contributed by atoms with van der Waals surface area (Å²) in [6.07, 6.45) is 9.02. The number of ether oxygens (including phenoxy) is 1. The van der Waals surface area contributed by atoms with Crippen LogP contribution >= 0.6 is 0 Å². The Balaban J connectivity index is 1.42. The number of hydrogen-bond acceptors (Lipinski definition) is 3. The molecule has 1 heterocycles. The zero-order chi connectivity index (χ0) is 21.7. The molecule has 0 radical (unpaired) electrons. The molecule has 0 saturated carbocycles. The highest BCUT2D eigenvalue weighted by molar-refractivity contribution is 5.27. The van der Waals surface area contributed by atoms with Crippen molar-refractivity contribution in [2.45, 2.75) is 71.4 Å². The first-order valence-corrected chi connectivity index (χ1v) is 12.5. The molecule has 0 aliphatic carbocycles. The number of aryl methyl sites for hydroxylation is 1. The van der Waals surface area contributed by atoms with Crippen molar-refractivity contribution < 1.29 is 4.74 Å². The maximum absolute atomic E-state index is 6.42. The van der Waals surface area contributed by atoms with Crippen molar-refractivity contribution in [2.24, 2.45) is 0 Å². The average Bonchev–Trinajstić information content (AvgIpc) is 2.80. The van der Waals surface area contributed by atoms with E-state index in [9.17, 15) is 0 Å². The molecule has 0 spiro atoms. The van der Waals surface area contributed by atoms with Crippen LogP contribution in [-0.4, -0.2) is 48.6 Å². The van der Waals surface area contributed by atoms with Gasteiger partial charge in [-0.1, -0.05) is 82.0 Å². The second-order valence-electron chi connectivity index (χ2n) is 9.05. The minimum atomic E-state index is 0.279. The highest BCUT2D eigenvalue weighted by Crippen LogP contribution is 2.19. The van der Waals surface area contributed by atoms with E-state index in [1.54, 1.807) is 0 Å². The van der Waals surface area contributed by atoms with Crippen molar-refractivity contribution in [3.05, 3.63) is 65.7 Å². The lowest BCUT2D eigenvalue weighted by atomic mass is 10.1. The molecule has 3 nitrogen and oxygen atoms in total. The molecular formula is C28H42N2O. The number of nitrogens with zero attached hydrogens (tertiary/aromatic N) is 2. The highest BCUT2D eigenvalue weighted by atomic mass is 16.5. The van der Waals surface area contributed by atoms with Gasteiger partial charge in [-0.3, -0.25) is 9.80 Å². The summed E-state index contributed by atoms with van der Waals surface area (Å²) in [5, 5.41) is 0. The van der Waals surface area contributed by atoms with Crippen molar-refractivity contribution in [2.75, 3.05) is 32.7 Å². The maximum atomic E-state index is 6.42. The third kappa shape index (κ3) is 8.66. The molecule has 3 heteroatoms. The van der Waals surface area contributed by atoms with Gasteiger partial charge in [0.1, 0.15) is 11.9 Å². The maximum Gasteiger partial charge on any atom is 0.119 e. The van der Waals surface area contributed by atoms with E-state index >= 15 is 0 Å². The Kier molecular flexibility index (Phi) is 10.4. The summed E-state index contributed by atoms with van der Waals surface area (Å²) < 4.78 is 6.42. The van der Waals surface area contributed by atoms with E-state index in [0.717, 1.165) is 57.9 Å². The highest BCUT2D eigenvalue weighted by Gasteiger charge is 2.21. The molecule has 0 N–H and O–H groups in total. The van der Waals surface area contributed by atoms with Crippen LogP contribution in [0.1, 0.15) is 63.5 Å². The molecule has 1 aliphatic rings. The van der Waals surface area contributed by atoms with Gasteiger partial charge in [-0.2, -0.15) is 0 Å². The zero-order valence-electron chi connectivity index (χ0n) is 19.8. The molecule has 1 fully saturated rings. The van der Waals surface area contributed by atoms with E-state index < -0.39 is 0 Å². The first-order chi connectivity index (χ1) is 15.3. The predicted octanol–water partition coefficient (Wildman–Crippen LogP) is 6.17. The molecule has 1 aliphatic heterocycles. The molecule has 0 bridgehead atoms. The average molecular weight is 423 g/mol. The van der Waals surface area contributed by atoms with Crippen LogP contribution in [0.5, 0.6) is 5.75 Å². The third-order valence-corrected chi connectivity index (χ3v) is 6.33. The van der Waals surface area contributed by atoms with Gasteiger partial charge in [0, 0.05) is 39.3 Å². The van der Waals surface area contributed by atoms with Crippen LogP contribution in [-0.2, 0) is 13.0 Å². The minimum Gasteiger partial charge on any atom is -0.489 e. The predicted molar refractivity (Wildman–Crippen MR) is 132 cm³/mol.